The van der Waals surface area contributed by atoms with E-state index in [9.17, 15) is 24.6 Å². The van der Waals surface area contributed by atoms with E-state index >= 15 is 0 Å². The summed E-state index contributed by atoms with van der Waals surface area (Å²) in [6.07, 6.45) is 4.83. The molecule has 31 heavy (non-hydrogen) atoms. The van der Waals surface area contributed by atoms with Gasteiger partial charge in [-0.1, -0.05) is 32.9 Å². The van der Waals surface area contributed by atoms with Crippen molar-refractivity contribution >= 4 is 17.5 Å². The molecule has 2 N–H and O–H groups in total. The lowest BCUT2D eigenvalue weighted by Gasteiger charge is -2.57. The Morgan fingerprint density at radius 3 is 2.39 bits per heavy atom. The number of fused-ring (bicyclic) bond motifs is 3. The van der Waals surface area contributed by atoms with E-state index in [1.807, 2.05) is 19.1 Å². The monoisotopic (exact) mass is 432 g/mol. The maximum Gasteiger partial charge on any atom is 0.306 e. The van der Waals surface area contributed by atoms with Gasteiger partial charge in [-0.05, 0) is 56.1 Å². The zero-order valence-electron chi connectivity index (χ0n) is 19.5. The number of hydrogen-bond acceptors (Lipinski definition) is 6. The summed E-state index contributed by atoms with van der Waals surface area (Å²) < 4.78 is 6.02. The fourth-order valence-corrected chi connectivity index (χ4v) is 6.22. The number of carbonyl (C=O) groups is 3. The lowest BCUT2D eigenvalue weighted by molar-refractivity contribution is -0.199. The third-order valence-electron chi connectivity index (χ3n) is 8.26. The van der Waals surface area contributed by atoms with Crippen molar-refractivity contribution in [2.75, 3.05) is 6.61 Å². The fourth-order valence-electron chi connectivity index (χ4n) is 6.22. The van der Waals surface area contributed by atoms with Gasteiger partial charge in [0.05, 0.1) is 13.0 Å². The smallest absolute Gasteiger partial charge is 0.306 e. The van der Waals surface area contributed by atoms with Crippen LogP contribution in [0.3, 0.4) is 0 Å². The predicted octanol–water partition coefficient (Wildman–Crippen LogP) is 3.15. The Morgan fingerprint density at radius 1 is 1.16 bits per heavy atom. The average molecular weight is 433 g/mol. The number of aliphatic hydroxyl groups excluding tert-OH is 1. The zero-order valence-corrected chi connectivity index (χ0v) is 19.5. The molecule has 6 atom stereocenters. The number of rotatable bonds is 5. The number of allylic oxidation sites excluding steroid dienone is 1. The highest BCUT2D eigenvalue weighted by Crippen LogP contribution is 2.61. The maximum atomic E-state index is 12.9. The maximum absolute atomic E-state index is 12.9. The largest absolute Gasteiger partial charge is 0.459 e. The van der Waals surface area contributed by atoms with E-state index in [0.29, 0.717) is 17.6 Å². The summed E-state index contributed by atoms with van der Waals surface area (Å²) in [6.45, 7) is 11.1. The highest BCUT2D eigenvalue weighted by Gasteiger charge is 2.63. The van der Waals surface area contributed by atoms with Gasteiger partial charge in [0.1, 0.15) is 17.0 Å². The Morgan fingerprint density at radius 2 is 1.81 bits per heavy atom. The summed E-state index contributed by atoms with van der Waals surface area (Å²) in [5.74, 6) is -1.13. The summed E-state index contributed by atoms with van der Waals surface area (Å²) in [7, 11) is 0. The highest BCUT2D eigenvalue weighted by atomic mass is 16.6. The van der Waals surface area contributed by atoms with Crippen molar-refractivity contribution < 1.29 is 29.3 Å². The Bertz CT molecular complexity index is 852. The van der Waals surface area contributed by atoms with Gasteiger partial charge in [-0.2, -0.15) is 0 Å². The van der Waals surface area contributed by atoms with Crippen LogP contribution in [-0.2, 0) is 19.1 Å². The third kappa shape index (κ3) is 3.82. The van der Waals surface area contributed by atoms with Gasteiger partial charge in [0, 0.05) is 24.2 Å². The molecule has 3 rings (SSSR count). The van der Waals surface area contributed by atoms with Crippen molar-refractivity contribution in [3.63, 3.8) is 0 Å². The van der Waals surface area contributed by atoms with Crippen LogP contribution >= 0.6 is 0 Å². The molecule has 1 unspecified atom stereocenters. The predicted molar refractivity (Wildman–Crippen MR) is 116 cm³/mol. The molecule has 0 amide bonds. The Kier molecular flexibility index (Phi) is 6.13. The molecule has 1 saturated carbocycles. The first-order chi connectivity index (χ1) is 14.3. The highest BCUT2D eigenvalue weighted by molar-refractivity contribution is 6.04. The van der Waals surface area contributed by atoms with Crippen LogP contribution in [0.2, 0.25) is 0 Å². The van der Waals surface area contributed by atoms with Gasteiger partial charge in [-0.15, -0.1) is 0 Å². The lowest BCUT2D eigenvalue weighted by atomic mass is 9.50. The van der Waals surface area contributed by atoms with E-state index in [0.717, 1.165) is 0 Å². The van der Waals surface area contributed by atoms with Crippen molar-refractivity contribution in [1.82, 2.24) is 0 Å². The second kappa shape index (κ2) is 7.96. The molecule has 172 valence electrons. The van der Waals surface area contributed by atoms with Crippen LogP contribution in [0.4, 0.5) is 0 Å². The minimum atomic E-state index is -1.53. The molecular weight excluding hydrogens is 396 g/mol. The van der Waals surface area contributed by atoms with Crippen LogP contribution in [-0.4, -0.2) is 45.6 Å². The van der Waals surface area contributed by atoms with Crippen molar-refractivity contribution in [1.29, 1.82) is 0 Å². The second-order valence-electron chi connectivity index (χ2n) is 10.7. The van der Waals surface area contributed by atoms with Gasteiger partial charge in [-0.25, -0.2) is 0 Å². The van der Waals surface area contributed by atoms with E-state index in [1.165, 1.54) is 6.92 Å². The quantitative estimate of drug-likeness (QED) is 0.511. The Hall–Kier alpha value is -1.79. The molecule has 1 fully saturated rings. The molecule has 0 heterocycles. The van der Waals surface area contributed by atoms with Gasteiger partial charge >= 0.3 is 5.97 Å². The minimum Gasteiger partial charge on any atom is -0.459 e. The van der Waals surface area contributed by atoms with Crippen LogP contribution in [0.5, 0.6) is 0 Å². The van der Waals surface area contributed by atoms with Gasteiger partial charge < -0.3 is 19.7 Å². The number of aliphatic hydroxyl groups is 2. The normalized spacial score (nSPS) is 39.0. The topological polar surface area (TPSA) is 101 Å². The summed E-state index contributed by atoms with van der Waals surface area (Å²) >= 11 is 0. The van der Waals surface area contributed by atoms with Crippen LogP contribution in [0.25, 0.3) is 0 Å². The van der Waals surface area contributed by atoms with Gasteiger partial charge in [-0.3, -0.25) is 9.59 Å². The first kappa shape index (κ1) is 23.9. The first-order valence-corrected chi connectivity index (χ1v) is 11.2. The molecule has 0 aromatic carbocycles. The minimum absolute atomic E-state index is 0.0329. The van der Waals surface area contributed by atoms with Gasteiger partial charge in [0.2, 0.25) is 0 Å². The van der Waals surface area contributed by atoms with E-state index in [4.69, 9.17) is 4.74 Å². The molecule has 0 aromatic heterocycles. The average Bonchev–Trinajstić information content (AvgIpc) is 2.80. The van der Waals surface area contributed by atoms with Crippen LogP contribution in [0.15, 0.2) is 23.3 Å². The van der Waals surface area contributed by atoms with Crippen LogP contribution < -0.4 is 0 Å². The number of Topliss-reactive ketones (excluding diaryl/α,β-unsaturated/α-hetero) is 2. The third-order valence-corrected chi connectivity index (χ3v) is 8.26. The van der Waals surface area contributed by atoms with Crippen molar-refractivity contribution in [2.45, 2.75) is 78.4 Å². The molecule has 3 aliphatic carbocycles. The number of hydrogen-bond donors (Lipinski definition) is 2. The summed E-state index contributed by atoms with van der Waals surface area (Å²) in [5, 5.41) is 21.5. The molecule has 6 heteroatoms. The van der Waals surface area contributed by atoms with E-state index in [-0.39, 0.29) is 67.1 Å². The fraction of sp³-hybridized carbons (Fsp3) is 0.720. The SMILES string of the molecule is CC(=O)CCC(=O)O[C@]1(C)C[C@@H](C)C2[C@@H](C=C(CO)C[C@]3(O)C(=O)C(C)=C[C@@H]23)C1(C)C. The van der Waals surface area contributed by atoms with Crippen LogP contribution in [0.1, 0.15) is 67.2 Å². The van der Waals surface area contributed by atoms with Gasteiger partial charge in [0.15, 0.2) is 5.78 Å². The first-order valence-electron chi connectivity index (χ1n) is 11.2. The molecule has 0 aliphatic heterocycles. The molecule has 3 aliphatic rings. The lowest BCUT2D eigenvalue weighted by Crippen LogP contribution is -2.59. The molecular formula is C25H36O6. The van der Waals surface area contributed by atoms with E-state index in [1.54, 1.807) is 6.92 Å². The van der Waals surface area contributed by atoms with Gasteiger partial charge in [0.25, 0.3) is 0 Å². The van der Waals surface area contributed by atoms with Crippen LogP contribution in [0, 0.1) is 29.1 Å². The number of ketones is 2. The van der Waals surface area contributed by atoms with Crippen molar-refractivity contribution in [2.24, 2.45) is 29.1 Å². The molecule has 0 spiro atoms. The Balaban J connectivity index is 2.02. The van der Waals surface area contributed by atoms with E-state index < -0.39 is 16.6 Å². The molecule has 6 nitrogen and oxygen atoms in total. The number of esters is 1. The van der Waals surface area contributed by atoms with Crippen molar-refractivity contribution in [3.05, 3.63) is 23.3 Å². The molecule has 0 radical (unpaired) electrons. The summed E-state index contributed by atoms with van der Waals surface area (Å²) in [5.41, 5.74) is -1.63. The Labute approximate surface area is 184 Å². The van der Waals surface area contributed by atoms with E-state index in [2.05, 4.69) is 20.8 Å². The standard InChI is InChI=1S/C25H36O6/c1-14-9-19-21-15(2)11-24(6,31-20(28)8-7-16(3)27)23(4,5)18(21)10-17(13-26)12-25(19,30)22(14)29/h9-10,15,18-19,21,26,30H,7-8,11-13H2,1-6H3/t15-,18-,19+,21?,24-,25-/m1/s1. The molecule has 0 saturated heterocycles. The molecule has 0 bridgehead atoms. The summed E-state index contributed by atoms with van der Waals surface area (Å²) in [4.78, 5) is 36.7. The van der Waals surface area contributed by atoms with Crippen molar-refractivity contribution in [3.8, 4) is 0 Å². The number of ether oxygens (including phenoxy) is 1. The molecule has 0 aromatic rings. The zero-order chi connectivity index (χ0) is 23.4. The number of carbonyl (C=O) groups excluding carboxylic acids is 3. The summed E-state index contributed by atoms with van der Waals surface area (Å²) in [6, 6.07) is 0. The second-order valence-corrected chi connectivity index (χ2v) is 10.7.